The van der Waals surface area contributed by atoms with Gasteiger partial charge in [-0.15, -0.1) is 0 Å². The normalized spacial score (nSPS) is 14.3. The number of rotatable bonds is 4. The van der Waals surface area contributed by atoms with Crippen molar-refractivity contribution in [1.29, 1.82) is 0 Å². The SMILES string of the molecule is COC(=O)c1c(C)c2nc(N3CCCCC3)n(Cc3ccccc3Cl)c2c(=O)n1C. The van der Waals surface area contributed by atoms with Gasteiger partial charge in [0.05, 0.1) is 13.7 Å². The van der Waals surface area contributed by atoms with E-state index in [1.165, 1.54) is 18.1 Å². The average molecular weight is 429 g/mol. The van der Waals surface area contributed by atoms with E-state index in [-0.39, 0.29) is 11.3 Å². The first-order valence-electron chi connectivity index (χ1n) is 10.1. The number of hydrogen-bond acceptors (Lipinski definition) is 5. The smallest absolute Gasteiger partial charge is 0.355 e. The molecule has 0 amide bonds. The number of benzene rings is 1. The van der Waals surface area contributed by atoms with Crippen molar-refractivity contribution in [3.63, 3.8) is 0 Å². The van der Waals surface area contributed by atoms with Crippen molar-refractivity contribution in [2.45, 2.75) is 32.7 Å². The summed E-state index contributed by atoms with van der Waals surface area (Å²) in [4.78, 5) is 32.8. The van der Waals surface area contributed by atoms with Gasteiger partial charge < -0.3 is 18.8 Å². The summed E-state index contributed by atoms with van der Waals surface area (Å²) in [5.74, 6) is 0.195. The van der Waals surface area contributed by atoms with E-state index in [2.05, 4.69) is 4.90 Å². The molecule has 1 aromatic carbocycles. The van der Waals surface area contributed by atoms with Gasteiger partial charge in [-0.2, -0.15) is 0 Å². The van der Waals surface area contributed by atoms with E-state index in [4.69, 9.17) is 21.3 Å². The second-order valence-electron chi connectivity index (χ2n) is 7.66. The van der Waals surface area contributed by atoms with Gasteiger partial charge in [0.15, 0.2) is 0 Å². The summed E-state index contributed by atoms with van der Waals surface area (Å²) >= 11 is 6.43. The summed E-state index contributed by atoms with van der Waals surface area (Å²) in [6.45, 7) is 4.00. The Labute approximate surface area is 179 Å². The third-order valence-electron chi connectivity index (χ3n) is 5.80. The molecule has 0 bridgehead atoms. The van der Waals surface area contributed by atoms with Crippen LogP contribution in [-0.4, -0.2) is 40.3 Å². The number of hydrogen-bond donors (Lipinski definition) is 0. The Bertz CT molecular complexity index is 1180. The highest BCUT2D eigenvalue weighted by atomic mass is 35.5. The molecule has 0 radical (unpaired) electrons. The van der Waals surface area contributed by atoms with E-state index in [0.29, 0.717) is 28.2 Å². The Kier molecular flexibility index (Phi) is 5.56. The van der Waals surface area contributed by atoms with Crippen LogP contribution in [-0.2, 0) is 18.3 Å². The first-order chi connectivity index (χ1) is 14.4. The molecule has 3 aromatic rings. The highest BCUT2D eigenvalue weighted by Gasteiger charge is 2.27. The monoisotopic (exact) mass is 428 g/mol. The van der Waals surface area contributed by atoms with Gasteiger partial charge in [-0.05, 0) is 37.8 Å². The highest BCUT2D eigenvalue weighted by Crippen LogP contribution is 2.29. The first-order valence-corrected chi connectivity index (χ1v) is 10.5. The molecule has 3 heterocycles. The van der Waals surface area contributed by atoms with Crippen LogP contribution in [0.2, 0.25) is 5.02 Å². The minimum atomic E-state index is -0.547. The molecule has 158 valence electrons. The van der Waals surface area contributed by atoms with Crippen LogP contribution < -0.4 is 10.5 Å². The Hall–Kier alpha value is -2.80. The van der Waals surface area contributed by atoms with Crippen molar-refractivity contribution in [3.05, 3.63) is 56.5 Å². The maximum absolute atomic E-state index is 13.4. The van der Waals surface area contributed by atoms with Crippen LogP contribution in [0.4, 0.5) is 5.95 Å². The lowest BCUT2D eigenvalue weighted by atomic mass is 10.1. The summed E-state index contributed by atoms with van der Waals surface area (Å²) < 4.78 is 8.20. The van der Waals surface area contributed by atoms with E-state index in [0.717, 1.165) is 37.4 Å². The maximum Gasteiger partial charge on any atom is 0.355 e. The van der Waals surface area contributed by atoms with Crippen molar-refractivity contribution in [2.24, 2.45) is 7.05 Å². The zero-order valence-electron chi connectivity index (χ0n) is 17.4. The molecule has 1 fully saturated rings. The molecule has 4 rings (SSSR count). The summed E-state index contributed by atoms with van der Waals surface area (Å²) in [5.41, 5.74) is 2.50. The van der Waals surface area contributed by atoms with Crippen molar-refractivity contribution in [1.82, 2.24) is 14.1 Å². The Morgan fingerprint density at radius 2 is 1.90 bits per heavy atom. The number of halogens is 1. The number of aromatic nitrogens is 3. The first kappa shape index (κ1) is 20.5. The predicted molar refractivity (Wildman–Crippen MR) is 118 cm³/mol. The van der Waals surface area contributed by atoms with Crippen LogP contribution in [0.1, 0.15) is 40.9 Å². The number of esters is 1. The molecular weight excluding hydrogens is 404 g/mol. The molecular formula is C22H25ClN4O3. The van der Waals surface area contributed by atoms with Crippen molar-refractivity contribution in [2.75, 3.05) is 25.1 Å². The van der Waals surface area contributed by atoms with Gasteiger partial charge >= 0.3 is 5.97 Å². The molecule has 0 N–H and O–H groups in total. The van der Waals surface area contributed by atoms with Crippen molar-refractivity contribution in [3.8, 4) is 0 Å². The van der Waals surface area contributed by atoms with E-state index in [1.54, 1.807) is 14.0 Å². The topological polar surface area (TPSA) is 69.4 Å². The van der Waals surface area contributed by atoms with Crippen LogP contribution in [0.3, 0.4) is 0 Å². The van der Waals surface area contributed by atoms with Gasteiger partial charge in [-0.3, -0.25) is 4.79 Å². The van der Waals surface area contributed by atoms with Crippen LogP contribution in [0.25, 0.3) is 11.0 Å². The number of carbonyl (C=O) groups is 1. The largest absolute Gasteiger partial charge is 0.464 e. The number of ether oxygens (including phenoxy) is 1. The zero-order valence-corrected chi connectivity index (χ0v) is 18.2. The lowest BCUT2D eigenvalue weighted by molar-refractivity contribution is 0.0587. The molecule has 2 aromatic heterocycles. The van der Waals surface area contributed by atoms with Gasteiger partial charge in [0.25, 0.3) is 5.56 Å². The van der Waals surface area contributed by atoms with Crippen LogP contribution >= 0.6 is 11.6 Å². The molecule has 8 heteroatoms. The number of carbonyl (C=O) groups excluding carboxylic acids is 1. The number of pyridine rings is 1. The second-order valence-corrected chi connectivity index (χ2v) is 8.07. The molecule has 1 saturated heterocycles. The lowest BCUT2D eigenvalue weighted by Crippen LogP contribution is -2.32. The van der Waals surface area contributed by atoms with Crippen LogP contribution in [0.15, 0.2) is 29.1 Å². The third kappa shape index (κ3) is 3.37. The minimum Gasteiger partial charge on any atom is -0.464 e. The Morgan fingerprint density at radius 3 is 2.57 bits per heavy atom. The van der Waals surface area contributed by atoms with Crippen LogP contribution in [0, 0.1) is 6.92 Å². The molecule has 1 aliphatic heterocycles. The molecule has 0 saturated carbocycles. The molecule has 0 aliphatic carbocycles. The molecule has 30 heavy (non-hydrogen) atoms. The average Bonchev–Trinajstić information content (AvgIpc) is 3.14. The molecule has 0 unspecified atom stereocenters. The van der Waals surface area contributed by atoms with Gasteiger partial charge in [0.1, 0.15) is 16.7 Å². The zero-order chi connectivity index (χ0) is 21.4. The van der Waals surface area contributed by atoms with Gasteiger partial charge in [-0.1, -0.05) is 29.8 Å². The Balaban J connectivity index is 2.00. The summed E-state index contributed by atoms with van der Waals surface area (Å²) in [5, 5.41) is 0.642. The fourth-order valence-electron chi connectivity index (χ4n) is 4.21. The molecule has 1 aliphatic rings. The fourth-order valence-corrected chi connectivity index (χ4v) is 4.41. The van der Waals surface area contributed by atoms with E-state index in [9.17, 15) is 9.59 Å². The summed E-state index contributed by atoms with van der Waals surface area (Å²) in [6.07, 6.45) is 3.36. The van der Waals surface area contributed by atoms with E-state index >= 15 is 0 Å². The highest BCUT2D eigenvalue weighted by molar-refractivity contribution is 6.31. The maximum atomic E-state index is 13.4. The summed E-state index contributed by atoms with van der Waals surface area (Å²) in [6, 6.07) is 7.61. The molecule has 0 spiro atoms. The predicted octanol–water partition coefficient (Wildman–Crippen LogP) is 3.52. The quantitative estimate of drug-likeness (QED) is 0.594. The number of aryl methyl sites for hydroxylation is 1. The van der Waals surface area contributed by atoms with Gasteiger partial charge in [0.2, 0.25) is 5.95 Å². The minimum absolute atomic E-state index is 0.225. The number of methoxy groups -OCH3 is 1. The number of fused-ring (bicyclic) bond motifs is 1. The fraction of sp³-hybridized carbons (Fsp3) is 0.409. The summed E-state index contributed by atoms with van der Waals surface area (Å²) in [7, 11) is 2.90. The number of anilines is 1. The van der Waals surface area contributed by atoms with E-state index < -0.39 is 5.97 Å². The van der Waals surface area contributed by atoms with Crippen molar-refractivity contribution >= 4 is 34.6 Å². The number of piperidine rings is 1. The van der Waals surface area contributed by atoms with Crippen molar-refractivity contribution < 1.29 is 9.53 Å². The molecule has 0 atom stereocenters. The standard InChI is InChI=1S/C22H25ClN4O3/c1-14-17-19(20(28)25(2)18(14)21(29)30-3)27(13-15-9-5-6-10-16(15)23)22(24-17)26-11-7-4-8-12-26/h5-6,9-10H,4,7-8,11-13H2,1-3H3. The number of imidazole rings is 1. The van der Waals surface area contributed by atoms with Crippen LogP contribution in [0.5, 0.6) is 0 Å². The van der Waals surface area contributed by atoms with Gasteiger partial charge in [0, 0.05) is 30.7 Å². The Morgan fingerprint density at radius 1 is 1.20 bits per heavy atom. The van der Waals surface area contributed by atoms with E-state index in [1.807, 2.05) is 28.8 Å². The number of nitrogens with zero attached hydrogens (tertiary/aromatic N) is 4. The molecule has 7 nitrogen and oxygen atoms in total. The lowest BCUT2D eigenvalue weighted by Gasteiger charge is -2.28. The second kappa shape index (κ2) is 8.14. The third-order valence-corrected chi connectivity index (χ3v) is 6.17. The van der Waals surface area contributed by atoms with Gasteiger partial charge in [-0.25, -0.2) is 9.78 Å².